The lowest BCUT2D eigenvalue weighted by Gasteiger charge is -2.20. The third-order valence-corrected chi connectivity index (χ3v) is 2.93. The highest BCUT2D eigenvalue weighted by atomic mass is 32.1. The minimum absolute atomic E-state index is 0.310. The van der Waals surface area contributed by atoms with Gasteiger partial charge in [-0.2, -0.15) is 0 Å². The molecule has 0 atom stereocenters. The number of thiocarbonyl (C=S) groups is 1. The van der Waals surface area contributed by atoms with Crippen molar-refractivity contribution in [2.45, 2.75) is 19.9 Å². The highest BCUT2D eigenvalue weighted by Gasteiger charge is 2.06. The summed E-state index contributed by atoms with van der Waals surface area (Å²) in [7, 11) is 0. The molecule has 0 bridgehead atoms. The summed E-state index contributed by atoms with van der Waals surface area (Å²) < 4.78 is 0. The minimum Gasteiger partial charge on any atom is -0.478 e. The molecule has 0 unspecified atom stereocenters. The molecule has 0 aliphatic rings. The average molecular weight is 266 g/mol. The first-order valence-corrected chi connectivity index (χ1v) is 6.26. The number of benzene rings is 1. The molecule has 18 heavy (non-hydrogen) atoms. The van der Waals surface area contributed by atoms with Gasteiger partial charge in [-0.3, -0.25) is 4.90 Å². The van der Waals surface area contributed by atoms with E-state index >= 15 is 0 Å². The van der Waals surface area contributed by atoms with Crippen molar-refractivity contribution in [1.29, 1.82) is 0 Å². The molecule has 0 heterocycles. The highest BCUT2D eigenvalue weighted by Crippen LogP contribution is 2.08. The van der Waals surface area contributed by atoms with Crippen molar-refractivity contribution >= 4 is 23.2 Å². The van der Waals surface area contributed by atoms with Crippen molar-refractivity contribution in [3.8, 4) is 0 Å². The molecule has 0 aliphatic carbocycles. The first kappa shape index (κ1) is 14.6. The lowest BCUT2D eigenvalue weighted by molar-refractivity contribution is 0.0697. The van der Waals surface area contributed by atoms with Gasteiger partial charge in [0.2, 0.25) is 0 Å². The fraction of sp³-hybridized carbons (Fsp3) is 0.385. The van der Waals surface area contributed by atoms with Crippen molar-refractivity contribution in [3.05, 3.63) is 35.4 Å². The molecule has 0 spiro atoms. The Morgan fingerprint density at radius 2 is 2.00 bits per heavy atom. The summed E-state index contributed by atoms with van der Waals surface area (Å²) >= 11 is 4.86. The van der Waals surface area contributed by atoms with Gasteiger partial charge in [0.1, 0.15) is 0 Å². The van der Waals surface area contributed by atoms with Gasteiger partial charge < -0.3 is 10.8 Å². The van der Waals surface area contributed by atoms with E-state index in [-0.39, 0.29) is 0 Å². The molecule has 5 heteroatoms. The Balaban J connectivity index is 2.58. The Labute approximate surface area is 112 Å². The molecule has 0 fully saturated rings. The highest BCUT2D eigenvalue weighted by molar-refractivity contribution is 7.80. The van der Waals surface area contributed by atoms with Crippen molar-refractivity contribution in [3.63, 3.8) is 0 Å². The molecule has 0 saturated carbocycles. The molecule has 0 aliphatic heterocycles. The molecule has 3 N–H and O–H groups in total. The van der Waals surface area contributed by atoms with Gasteiger partial charge in [-0.1, -0.05) is 31.3 Å². The van der Waals surface area contributed by atoms with Gasteiger partial charge in [0, 0.05) is 19.5 Å². The summed E-state index contributed by atoms with van der Waals surface area (Å²) in [6, 6.07) is 6.93. The maximum Gasteiger partial charge on any atom is 0.335 e. The average Bonchev–Trinajstić information content (AvgIpc) is 2.34. The Hall–Kier alpha value is -1.46. The number of aromatic carboxylic acids is 1. The van der Waals surface area contributed by atoms with Crippen LogP contribution in [0.1, 0.15) is 29.3 Å². The first-order valence-electron chi connectivity index (χ1n) is 5.85. The maximum atomic E-state index is 10.7. The Morgan fingerprint density at radius 3 is 2.44 bits per heavy atom. The van der Waals surface area contributed by atoms with Crippen molar-refractivity contribution in [1.82, 2.24) is 4.90 Å². The Bertz CT molecular complexity index is 418. The minimum atomic E-state index is -0.901. The standard InChI is InChI=1S/C13H18N2O2S/c1-2-15(8-7-12(14)18)9-10-3-5-11(6-4-10)13(16)17/h3-6H,2,7-9H2,1H3,(H2,14,18)(H,16,17). The number of carboxylic acids is 1. The van der Waals surface area contributed by atoms with E-state index in [0.717, 1.165) is 25.2 Å². The molecule has 0 aromatic heterocycles. The fourth-order valence-corrected chi connectivity index (χ4v) is 1.72. The number of rotatable bonds is 7. The zero-order valence-corrected chi connectivity index (χ0v) is 11.2. The third kappa shape index (κ3) is 4.81. The largest absolute Gasteiger partial charge is 0.478 e. The second kappa shape index (κ2) is 7.08. The van der Waals surface area contributed by atoms with E-state index in [9.17, 15) is 4.79 Å². The molecule has 0 radical (unpaired) electrons. The van der Waals surface area contributed by atoms with Gasteiger partial charge in [0.25, 0.3) is 0 Å². The quantitative estimate of drug-likeness (QED) is 0.738. The van der Waals surface area contributed by atoms with Crippen LogP contribution in [-0.2, 0) is 6.54 Å². The molecular formula is C13H18N2O2S. The van der Waals surface area contributed by atoms with E-state index in [4.69, 9.17) is 23.1 Å². The normalized spacial score (nSPS) is 10.6. The van der Waals surface area contributed by atoms with E-state index in [1.165, 1.54) is 0 Å². The molecule has 0 amide bonds. The molecule has 1 aromatic carbocycles. The van der Waals surface area contributed by atoms with Crippen LogP contribution in [0, 0.1) is 0 Å². The summed E-state index contributed by atoms with van der Waals surface area (Å²) in [5, 5.41) is 8.81. The summed E-state index contributed by atoms with van der Waals surface area (Å²) in [4.78, 5) is 13.5. The van der Waals surface area contributed by atoms with Crippen LogP contribution in [0.25, 0.3) is 0 Å². The summed E-state index contributed by atoms with van der Waals surface area (Å²) in [6.07, 6.45) is 0.705. The van der Waals surface area contributed by atoms with Crippen LogP contribution in [0.4, 0.5) is 0 Å². The number of hydrogen-bond acceptors (Lipinski definition) is 3. The van der Waals surface area contributed by atoms with E-state index in [0.29, 0.717) is 17.0 Å². The van der Waals surface area contributed by atoms with Crippen LogP contribution < -0.4 is 5.73 Å². The number of carboxylic acid groups (broad SMARTS) is 1. The lowest BCUT2D eigenvalue weighted by Crippen LogP contribution is -2.27. The van der Waals surface area contributed by atoms with E-state index in [2.05, 4.69) is 11.8 Å². The van der Waals surface area contributed by atoms with Gasteiger partial charge in [-0.25, -0.2) is 4.79 Å². The second-order valence-corrected chi connectivity index (χ2v) is 4.61. The lowest BCUT2D eigenvalue weighted by atomic mass is 10.1. The summed E-state index contributed by atoms with van der Waals surface area (Å²) in [6.45, 7) is 4.58. The third-order valence-electron chi connectivity index (χ3n) is 2.73. The Morgan fingerprint density at radius 1 is 1.39 bits per heavy atom. The molecular weight excluding hydrogens is 248 g/mol. The van der Waals surface area contributed by atoms with Gasteiger partial charge in [0.15, 0.2) is 0 Å². The van der Waals surface area contributed by atoms with E-state index < -0.39 is 5.97 Å². The summed E-state index contributed by atoms with van der Waals surface area (Å²) in [5.41, 5.74) is 6.88. The predicted molar refractivity (Wildman–Crippen MR) is 75.8 cm³/mol. The fourth-order valence-electron chi connectivity index (χ4n) is 1.63. The summed E-state index contributed by atoms with van der Waals surface area (Å²) in [5.74, 6) is -0.901. The first-order chi connectivity index (χ1) is 8.52. The van der Waals surface area contributed by atoms with Crippen molar-refractivity contribution in [2.24, 2.45) is 5.73 Å². The molecule has 0 saturated heterocycles. The van der Waals surface area contributed by atoms with Crippen LogP contribution in [0.2, 0.25) is 0 Å². The van der Waals surface area contributed by atoms with Crippen molar-refractivity contribution < 1.29 is 9.90 Å². The van der Waals surface area contributed by atoms with E-state index in [1.807, 2.05) is 12.1 Å². The maximum absolute atomic E-state index is 10.7. The zero-order chi connectivity index (χ0) is 13.5. The smallest absolute Gasteiger partial charge is 0.335 e. The number of nitrogens with two attached hydrogens (primary N) is 1. The predicted octanol–water partition coefficient (Wildman–Crippen LogP) is 1.88. The van der Waals surface area contributed by atoms with Crippen LogP contribution in [0.3, 0.4) is 0 Å². The second-order valence-electron chi connectivity index (χ2n) is 4.09. The topological polar surface area (TPSA) is 66.6 Å². The molecule has 1 aromatic rings. The van der Waals surface area contributed by atoms with Crippen LogP contribution in [0.5, 0.6) is 0 Å². The number of carbonyl (C=O) groups is 1. The van der Waals surface area contributed by atoms with Crippen molar-refractivity contribution in [2.75, 3.05) is 13.1 Å². The van der Waals surface area contributed by atoms with Gasteiger partial charge in [-0.05, 0) is 24.2 Å². The molecule has 98 valence electrons. The van der Waals surface area contributed by atoms with Gasteiger partial charge in [-0.15, -0.1) is 0 Å². The van der Waals surface area contributed by atoms with Crippen LogP contribution in [0.15, 0.2) is 24.3 Å². The molecule has 4 nitrogen and oxygen atoms in total. The van der Waals surface area contributed by atoms with Crippen LogP contribution in [-0.4, -0.2) is 34.1 Å². The molecule has 1 rings (SSSR count). The number of nitrogens with zero attached hydrogens (tertiary/aromatic N) is 1. The van der Waals surface area contributed by atoms with E-state index in [1.54, 1.807) is 12.1 Å². The monoisotopic (exact) mass is 266 g/mol. The Kier molecular flexibility index (Phi) is 5.74. The zero-order valence-electron chi connectivity index (χ0n) is 10.4. The SMILES string of the molecule is CCN(CCC(N)=S)Cc1ccc(C(=O)O)cc1. The van der Waals surface area contributed by atoms with Gasteiger partial charge >= 0.3 is 5.97 Å². The van der Waals surface area contributed by atoms with Gasteiger partial charge in [0.05, 0.1) is 10.6 Å². The van der Waals surface area contributed by atoms with Crippen LogP contribution >= 0.6 is 12.2 Å². The number of hydrogen-bond donors (Lipinski definition) is 2.